The molecule has 134 valence electrons. The number of benzene rings is 1. The molecule has 4 rings (SSSR count). The van der Waals surface area contributed by atoms with E-state index in [1.54, 1.807) is 0 Å². The van der Waals surface area contributed by atoms with Crippen LogP contribution in [0, 0.1) is 0 Å². The summed E-state index contributed by atoms with van der Waals surface area (Å²) in [6, 6.07) is 15.0. The summed E-state index contributed by atoms with van der Waals surface area (Å²) >= 11 is 0. The van der Waals surface area contributed by atoms with Gasteiger partial charge in [0.05, 0.1) is 0 Å². The Balaban J connectivity index is 0.00000113. The predicted octanol–water partition coefficient (Wildman–Crippen LogP) is 4.50. The summed E-state index contributed by atoms with van der Waals surface area (Å²) in [5.74, 6) is 0. The summed E-state index contributed by atoms with van der Waals surface area (Å²) in [7, 11) is 2.23. The fourth-order valence-corrected chi connectivity index (χ4v) is 3.78. The van der Waals surface area contributed by atoms with Gasteiger partial charge in [-0.05, 0) is 50.2 Å². The molecule has 0 bridgehead atoms. The highest BCUT2D eigenvalue weighted by molar-refractivity contribution is 5.86. The van der Waals surface area contributed by atoms with Crippen LogP contribution in [-0.4, -0.2) is 28.0 Å². The van der Waals surface area contributed by atoms with Crippen LogP contribution >= 0.6 is 24.8 Å². The second-order valence-electron chi connectivity index (χ2n) is 6.51. The number of para-hydroxylation sites is 1. The zero-order valence-electron chi connectivity index (χ0n) is 14.5. The van der Waals surface area contributed by atoms with Crippen LogP contribution in [-0.2, 0) is 25.9 Å². The highest BCUT2D eigenvalue weighted by atomic mass is 35.5. The quantitative estimate of drug-likeness (QED) is 0.669. The van der Waals surface area contributed by atoms with Gasteiger partial charge in [0.1, 0.15) is 0 Å². The Labute approximate surface area is 161 Å². The standard InChI is InChI=1S/C20H23N3.2ClH/c1-22-13-6-10-20-18(15-22)17-8-2-3-9-19(17)23(20)14-11-16-7-4-5-12-21-16;;/h2-5,7-9,12H,6,10-11,13-15H2,1H3;2*1H. The van der Waals surface area contributed by atoms with Gasteiger partial charge in [0, 0.05) is 48.0 Å². The minimum Gasteiger partial charge on any atom is -0.344 e. The average Bonchev–Trinajstić information content (AvgIpc) is 2.73. The first kappa shape index (κ1) is 19.8. The van der Waals surface area contributed by atoms with Crippen molar-refractivity contribution in [1.82, 2.24) is 14.5 Å². The van der Waals surface area contributed by atoms with Crippen LogP contribution < -0.4 is 0 Å². The van der Waals surface area contributed by atoms with Crippen LogP contribution in [0.4, 0.5) is 0 Å². The largest absolute Gasteiger partial charge is 0.344 e. The third-order valence-corrected chi connectivity index (χ3v) is 4.89. The Morgan fingerprint density at radius 2 is 1.84 bits per heavy atom. The third kappa shape index (κ3) is 4.00. The Morgan fingerprint density at radius 3 is 2.64 bits per heavy atom. The second kappa shape index (κ2) is 8.70. The van der Waals surface area contributed by atoms with Gasteiger partial charge in [-0.3, -0.25) is 4.98 Å². The summed E-state index contributed by atoms with van der Waals surface area (Å²) in [5.41, 5.74) is 5.61. The van der Waals surface area contributed by atoms with Crippen molar-refractivity contribution in [3.05, 3.63) is 65.6 Å². The van der Waals surface area contributed by atoms with E-state index in [4.69, 9.17) is 0 Å². The molecule has 0 fully saturated rings. The first-order valence-electron chi connectivity index (χ1n) is 8.50. The zero-order valence-corrected chi connectivity index (χ0v) is 16.2. The van der Waals surface area contributed by atoms with Crippen molar-refractivity contribution in [1.29, 1.82) is 0 Å². The highest BCUT2D eigenvalue weighted by Crippen LogP contribution is 2.30. The topological polar surface area (TPSA) is 21.1 Å². The minimum atomic E-state index is 0. The molecule has 0 amide bonds. The molecule has 0 spiro atoms. The Kier molecular flexibility index (Phi) is 6.88. The van der Waals surface area contributed by atoms with Gasteiger partial charge in [0.15, 0.2) is 0 Å². The van der Waals surface area contributed by atoms with Gasteiger partial charge in [-0.2, -0.15) is 0 Å². The monoisotopic (exact) mass is 377 g/mol. The number of rotatable bonds is 3. The number of hydrogen-bond donors (Lipinski definition) is 0. The summed E-state index contributed by atoms with van der Waals surface area (Å²) in [5, 5.41) is 1.43. The molecule has 3 heterocycles. The maximum atomic E-state index is 4.48. The van der Waals surface area contributed by atoms with Crippen LogP contribution in [0.15, 0.2) is 48.7 Å². The van der Waals surface area contributed by atoms with Crippen LogP contribution in [0.25, 0.3) is 10.9 Å². The third-order valence-electron chi connectivity index (χ3n) is 4.89. The predicted molar refractivity (Wildman–Crippen MR) is 109 cm³/mol. The highest BCUT2D eigenvalue weighted by Gasteiger charge is 2.20. The fourth-order valence-electron chi connectivity index (χ4n) is 3.78. The summed E-state index contributed by atoms with van der Waals surface area (Å²) in [4.78, 5) is 6.93. The number of pyridine rings is 1. The number of nitrogens with zero attached hydrogens (tertiary/aromatic N) is 3. The SMILES string of the molecule is CN1CCCc2c(c3ccccc3n2CCc2ccccn2)C1.Cl.Cl. The maximum Gasteiger partial charge on any atom is 0.0486 e. The van der Waals surface area contributed by atoms with Gasteiger partial charge in [-0.25, -0.2) is 0 Å². The number of aryl methyl sites for hydroxylation is 2. The van der Waals surface area contributed by atoms with E-state index in [0.29, 0.717) is 0 Å². The van der Waals surface area contributed by atoms with Crippen molar-refractivity contribution < 1.29 is 0 Å². The number of aromatic nitrogens is 2. The zero-order chi connectivity index (χ0) is 15.6. The minimum absolute atomic E-state index is 0. The number of hydrogen-bond acceptors (Lipinski definition) is 2. The van der Waals surface area contributed by atoms with E-state index in [0.717, 1.165) is 19.5 Å². The normalized spacial score (nSPS) is 14.3. The molecule has 0 atom stereocenters. The molecule has 1 aliphatic heterocycles. The molecule has 3 aromatic rings. The van der Waals surface area contributed by atoms with Crippen molar-refractivity contribution in [2.24, 2.45) is 0 Å². The summed E-state index contributed by atoms with van der Waals surface area (Å²) in [6.07, 6.45) is 5.29. The van der Waals surface area contributed by atoms with E-state index in [2.05, 4.69) is 57.9 Å². The van der Waals surface area contributed by atoms with Gasteiger partial charge in [-0.15, -0.1) is 24.8 Å². The molecule has 0 radical (unpaired) electrons. The van der Waals surface area contributed by atoms with Crippen molar-refractivity contribution >= 4 is 35.7 Å². The molecule has 1 aromatic carbocycles. The molecule has 0 aliphatic carbocycles. The van der Waals surface area contributed by atoms with E-state index in [1.807, 2.05) is 12.3 Å². The lowest BCUT2D eigenvalue weighted by molar-refractivity contribution is 0.333. The van der Waals surface area contributed by atoms with E-state index >= 15 is 0 Å². The van der Waals surface area contributed by atoms with E-state index in [1.165, 1.54) is 47.2 Å². The van der Waals surface area contributed by atoms with Crippen molar-refractivity contribution in [3.8, 4) is 0 Å². The van der Waals surface area contributed by atoms with Crippen molar-refractivity contribution in [3.63, 3.8) is 0 Å². The second-order valence-corrected chi connectivity index (χ2v) is 6.51. The Hall–Kier alpha value is -1.55. The van der Waals surface area contributed by atoms with Gasteiger partial charge in [-0.1, -0.05) is 24.3 Å². The van der Waals surface area contributed by atoms with Crippen LogP contribution in [0.2, 0.25) is 0 Å². The summed E-state index contributed by atoms with van der Waals surface area (Å²) in [6.45, 7) is 3.26. The lowest BCUT2D eigenvalue weighted by Gasteiger charge is -2.12. The number of fused-ring (bicyclic) bond motifs is 3. The molecule has 0 unspecified atom stereocenters. The first-order chi connectivity index (χ1) is 11.3. The van der Waals surface area contributed by atoms with Crippen LogP contribution in [0.5, 0.6) is 0 Å². The molecule has 1 aliphatic rings. The van der Waals surface area contributed by atoms with E-state index in [9.17, 15) is 0 Å². The van der Waals surface area contributed by atoms with Crippen molar-refractivity contribution in [2.45, 2.75) is 32.4 Å². The number of halogens is 2. The van der Waals surface area contributed by atoms with Crippen molar-refractivity contribution in [2.75, 3.05) is 13.6 Å². The van der Waals surface area contributed by atoms with Crippen LogP contribution in [0.1, 0.15) is 23.4 Å². The fraction of sp³-hybridized carbons (Fsp3) is 0.350. The lowest BCUT2D eigenvalue weighted by Crippen LogP contribution is -2.16. The molecule has 0 N–H and O–H groups in total. The molecule has 2 aromatic heterocycles. The molecule has 25 heavy (non-hydrogen) atoms. The van der Waals surface area contributed by atoms with E-state index in [-0.39, 0.29) is 24.8 Å². The Bertz CT molecular complexity index is 814. The maximum absolute atomic E-state index is 4.48. The van der Waals surface area contributed by atoms with Gasteiger partial charge in [0.2, 0.25) is 0 Å². The van der Waals surface area contributed by atoms with Crippen LogP contribution in [0.3, 0.4) is 0 Å². The average molecular weight is 378 g/mol. The first-order valence-corrected chi connectivity index (χ1v) is 8.50. The lowest BCUT2D eigenvalue weighted by atomic mass is 10.1. The van der Waals surface area contributed by atoms with Gasteiger partial charge in [0.25, 0.3) is 0 Å². The molecular formula is C20H25Cl2N3. The van der Waals surface area contributed by atoms with Gasteiger partial charge >= 0.3 is 0 Å². The molecule has 5 heteroatoms. The molecule has 3 nitrogen and oxygen atoms in total. The Morgan fingerprint density at radius 1 is 1.04 bits per heavy atom. The van der Waals surface area contributed by atoms with E-state index < -0.39 is 0 Å². The molecule has 0 saturated carbocycles. The summed E-state index contributed by atoms with van der Waals surface area (Å²) < 4.78 is 2.54. The molecular weight excluding hydrogens is 353 g/mol. The smallest absolute Gasteiger partial charge is 0.0486 e. The molecule has 0 saturated heterocycles. The van der Waals surface area contributed by atoms with Gasteiger partial charge < -0.3 is 9.47 Å².